The van der Waals surface area contributed by atoms with E-state index in [1.165, 1.54) is 44.5 Å². The molecule has 2 N–H and O–H groups in total. The maximum atomic E-state index is 5.47. The smallest absolute Gasteiger partial charge is 0.171 e. The second-order valence-corrected chi connectivity index (χ2v) is 6.13. The number of para-hydroxylation sites is 1. The molecule has 0 spiro atoms. The Balaban J connectivity index is 1.80. The molecular formula is C17H27N3S. The number of piperidine rings is 1. The Morgan fingerprint density at radius 1 is 1.24 bits per heavy atom. The summed E-state index contributed by atoms with van der Waals surface area (Å²) >= 11 is 5.47. The van der Waals surface area contributed by atoms with E-state index >= 15 is 0 Å². The van der Waals surface area contributed by atoms with E-state index in [-0.39, 0.29) is 0 Å². The van der Waals surface area contributed by atoms with Crippen molar-refractivity contribution in [1.29, 1.82) is 0 Å². The number of hydrogen-bond acceptors (Lipinski definition) is 2. The van der Waals surface area contributed by atoms with E-state index in [0.717, 1.165) is 17.2 Å². The second kappa shape index (κ2) is 8.35. The molecule has 3 nitrogen and oxygen atoms in total. The van der Waals surface area contributed by atoms with E-state index in [4.69, 9.17) is 12.2 Å². The van der Waals surface area contributed by atoms with Crippen molar-refractivity contribution in [2.75, 3.05) is 25.0 Å². The molecule has 1 aliphatic rings. The molecule has 0 aliphatic carbocycles. The highest BCUT2D eigenvalue weighted by Crippen LogP contribution is 2.16. The summed E-state index contributed by atoms with van der Waals surface area (Å²) in [6.45, 7) is 7.99. The van der Waals surface area contributed by atoms with E-state index in [1.54, 1.807) is 0 Å². The van der Waals surface area contributed by atoms with Gasteiger partial charge in [0, 0.05) is 24.8 Å². The monoisotopic (exact) mass is 305 g/mol. The SMILES string of the molecule is CCCN1CCC(NC(=S)Nc2ccccc2CC)CC1. The molecule has 4 heteroatoms. The van der Waals surface area contributed by atoms with Gasteiger partial charge in [0.25, 0.3) is 0 Å². The molecule has 2 rings (SSSR count). The Morgan fingerprint density at radius 3 is 2.62 bits per heavy atom. The van der Waals surface area contributed by atoms with Crippen LogP contribution in [0, 0.1) is 0 Å². The van der Waals surface area contributed by atoms with Crippen molar-refractivity contribution in [2.24, 2.45) is 0 Å². The van der Waals surface area contributed by atoms with Crippen LogP contribution in [0.3, 0.4) is 0 Å². The van der Waals surface area contributed by atoms with Gasteiger partial charge in [0.05, 0.1) is 0 Å². The molecule has 21 heavy (non-hydrogen) atoms. The first-order valence-electron chi connectivity index (χ1n) is 8.10. The van der Waals surface area contributed by atoms with Gasteiger partial charge in [-0.2, -0.15) is 0 Å². The van der Waals surface area contributed by atoms with E-state index in [9.17, 15) is 0 Å². The fourth-order valence-electron chi connectivity index (χ4n) is 2.91. The maximum absolute atomic E-state index is 5.47. The average Bonchev–Trinajstić information content (AvgIpc) is 2.50. The lowest BCUT2D eigenvalue weighted by molar-refractivity contribution is 0.207. The zero-order chi connectivity index (χ0) is 15.1. The summed E-state index contributed by atoms with van der Waals surface area (Å²) in [6, 6.07) is 8.87. The van der Waals surface area contributed by atoms with Crippen molar-refractivity contribution in [1.82, 2.24) is 10.2 Å². The minimum absolute atomic E-state index is 0.506. The number of rotatable bonds is 5. The number of nitrogens with one attached hydrogen (secondary N) is 2. The number of aryl methyl sites for hydroxylation is 1. The third-order valence-corrected chi connectivity index (χ3v) is 4.33. The number of benzene rings is 1. The maximum Gasteiger partial charge on any atom is 0.171 e. The van der Waals surface area contributed by atoms with Crippen LogP contribution in [0.15, 0.2) is 24.3 Å². The molecule has 0 saturated carbocycles. The molecule has 0 atom stereocenters. The fourth-order valence-corrected chi connectivity index (χ4v) is 3.19. The minimum atomic E-state index is 0.506. The Labute approximate surface area is 134 Å². The predicted molar refractivity (Wildman–Crippen MR) is 94.9 cm³/mol. The zero-order valence-corrected chi connectivity index (χ0v) is 14.0. The average molecular weight is 305 g/mol. The standard InChI is InChI=1S/C17H27N3S/c1-3-11-20-12-9-15(10-13-20)18-17(21)19-16-8-6-5-7-14(16)4-2/h5-8,15H,3-4,9-13H2,1-2H3,(H2,18,19,21). The van der Waals surface area contributed by atoms with Crippen LogP contribution in [-0.4, -0.2) is 35.7 Å². The molecule has 116 valence electrons. The largest absolute Gasteiger partial charge is 0.360 e. The summed E-state index contributed by atoms with van der Waals surface area (Å²) in [6.07, 6.45) is 4.61. The van der Waals surface area contributed by atoms with Crippen LogP contribution >= 0.6 is 12.2 Å². The topological polar surface area (TPSA) is 27.3 Å². The van der Waals surface area contributed by atoms with E-state index in [0.29, 0.717) is 6.04 Å². The van der Waals surface area contributed by atoms with E-state index in [1.807, 2.05) is 6.07 Å². The molecular weight excluding hydrogens is 278 g/mol. The van der Waals surface area contributed by atoms with E-state index < -0.39 is 0 Å². The zero-order valence-electron chi connectivity index (χ0n) is 13.2. The lowest BCUT2D eigenvalue weighted by Gasteiger charge is -2.32. The van der Waals surface area contributed by atoms with Crippen molar-refractivity contribution < 1.29 is 0 Å². The Morgan fingerprint density at radius 2 is 1.95 bits per heavy atom. The number of thiocarbonyl (C=S) groups is 1. The molecule has 1 aliphatic heterocycles. The van der Waals surface area contributed by atoms with Crippen LogP contribution in [-0.2, 0) is 6.42 Å². The Hall–Kier alpha value is -1.13. The van der Waals surface area contributed by atoms with Gasteiger partial charge in [-0.1, -0.05) is 32.0 Å². The summed E-state index contributed by atoms with van der Waals surface area (Å²) in [4.78, 5) is 2.54. The van der Waals surface area contributed by atoms with Crippen molar-refractivity contribution in [3.8, 4) is 0 Å². The Kier molecular flexibility index (Phi) is 6.46. The van der Waals surface area contributed by atoms with Gasteiger partial charge < -0.3 is 15.5 Å². The van der Waals surface area contributed by atoms with Gasteiger partial charge in [-0.05, 0) is 56.1 Å². The highest BCUT2D eigenvalue weighted by atomic mass is 32.1. The van der Waals surface area contributed by atoms with Crippen molar-refractivity contribution >= 4 is 23.0 Å². The Bertz CT molecular complexity index is 453. The number of anilines is 1. The third-order valence-electron chi connectivity index (χ3n) is 4.11. The molecule has 1 aromatic rings. The molecule has 0 radical (unpaired) electrons. The lowest BCUT2D eigenvalue weighted by atomic mass is 10.1. The molecule has 0 unspecified atom stereocenters. The summed E-state index contributed by atoms with van der Waals surface area (Å²) in [5, 5.41) is 7.58. The first-order valence-corrected chi connectivity index (χ1v) is 8.51. The van der Waals surface area contributed by atoms with Crippen molar-refractivity contribution in [2.45, 2.75) is 45.6 Å². The molecule has 1 heterocycles. The van der Waals surface area contributed by atoms with Crippen LogP contribution in [0.2, 0.25) is 0 Å². The van der Waals surface area contributed by atoms with Crippen LogP contribution in [0.25, 0.3) is 0 Å². The predicted octanol–water partition coefficient (Wildman–Crippen LogP) is 3.41. The molecule has 0 aromatic heterocycles. The van der Waals surface area contributed by atoms with E-state index in [2.05, 4.69) is 47.6 Å². The van der Waals surface area contributed by atoms with Crippen LogP contribution in [0.4, 0.5) is 5.69 Å². The molecule has 0 amide bonds. The number of likely N-dealkylation sites (tertiary alicyclic amines) is 1. The summed E-state index contributed by atoms with van der Waals surface area (Å²) in [5.74, 6) is 0. The summed E-state index contributed by atoms with van der Waals surface area (Å²) in [7, 11) is 0. The normalized spacial score (nSPS) is 16.7. The van der Waals surface area contributed by atoms with Gasteiger partial charge >= 0.3 is 0 Å². The van der Waals surface area contributed by atoms with Gasteiger partial charge in [0.15, 0.2) is 5.11 Å². The molecule has 1 fully saturated rings. The number of hydrogen-bond donors (Lipinski definition) is 2. The van der Waals surface area contributed by atoms with Gasteiger partial charge in [0.1, 0.15) is 0 Å². The van der Waals surface area contributed by atoms with Gasteiger partial charge in [-0.25, -0.2) is 0 Å². The molecule has 1 saturated heterocycles. The van der Waals surface area contributed by atoms with Crippen LogP contribution in [0.5, 0.6) is 0 Å². The summed E-state index contributed by atoms with van der Waals surface area (Å²) < 4.78 is 0. The van der Waals surface area contributed by atoms with Gasteiger partial charge in [0.2, 0.25) is 0 Å². The van der Waals surface area contributed by atoms with Gasteiger partial charge in [-0.3, -0.25) is 0 Å². The molecule has 0 bridgehead atoms. The first-order chi connectivity index (χ1) is 10.2. The number of nitrogens with zero attached hydrogens (tertiary/aromatic N) is 1. The summed E-state index contributed by atoms with van der Waals surface area (Å²) in [5.41, 5.74) is 2.43. The lowest BCUT2D eigenvalue weighted by Crippen LogP contribution is -2.46. The van der Waals surface area contributed by atoms with Crippen molar-refractivity contribution in [3.05, 3.63) is 29.8 Å². The first kappa shape index (κ1) is 16.2. The van der Waals surface area contributed by atoms with Crippen LogP contribution in [0.1, 0.15) is 38.7 Å². The fraction of sp³-hybridized carbons (Fsp3) is 0.588. The van der Waals surface area contributed by atoms with Crippen molar-refractivity contribution in [3.63, 3.8) is 0 Å². The highest BCUT2D eigenvalue weighted by Gasteiger charge is 2.19. The second-order valence-electron chi connectivity index (χ2n) is 5.73. The minimum Gasteiger partial charge on any atom is -0.360 e. The molecule has 1 aromatic carbocycles. The quantitative estimate of drug-likeness (QED) is 0.815. The van der Waals surface area contributed by atoms with Crippen LogP contribution < -0.4 is 10.6 Å². The van der Waals surface area contributed by atoms with Gasteiger partial charge in [-0.15, -0.1) is 0 Å². The third kappa shape index (κ3) is 4.97. The highest BCUT2D eigenvalue weighted by molar-refractivity contribution is 7.80.